The lowest BCUT2D eigenvalue weighted by Gasteiger charge is -2.19. The Hall–Kier alpha value is -1.14. The van der Waals surface area contributed by atoms with Gasteiger partial charge in [-0.1, -0.05) is 0 Å². The molecule has 1 aromatic rings. The zero-order valence-electron chi connectivity index (χ0n) is 11.6. The molecule has 102 valence electrons. The summed E-state index contributed by atoms with van der Waals surface area (Å²) in [6.45, 7) is 5.16. The SMILES string of the molecule is CN(C)CCN(C)c1nc(C(C)(C)C(=O)O)cs1. The van der Waals surface area contributed by atoms with Gasteiger partial charge in [0.25, 0.3) is 0 Å². The topological polar surface area (TPSA) is 56.7 Å². The zero-order valence-corrected chi connectivity index (χ0v) is 12.4. The van der Waals surface area contributed by atoms with E-state index in [2.05, 4.69) is 9.88 Å². The molecule has 0 saturated heterocycles. The average Bonchev–Trinajstić information content (AvgIpc) is 2.75. The van der Waals surface area contributed by atoms with E-state index in [0.29, 0.717) is 5.69 Å². The van der Waals surface area contributed by atoms with Gasteiger partial charge in [0.15, 0.2) is 5.13 Å². The fraction of sp³-hybridized carbons (Fsp3) is 0.667. The van der Waals surface area contributed by atoms with E-state index in [1.165, 1.54) is 11.3 Å². The number of carbonyl (C=O) groups is 1. The van der Waals surface area contributed by atoms with Crippen molar-refractivity contribution in [1.29, 1.82) is 0 Å². The molecule has 0 fully saturated rings. The molecule has 18 heavy (non-hydrogen) atoms. The summed E-state index contributed by atoms with van der Waals surface area (Å²) >= 11 is 1.49. The van der Waals surface area contributed by atoms with Crippen LogP contribution in [0.3, 0.4) is 0 Å². The quantitative estimate of drug-likeness (QED) is 0.850. The van der Waals surface area contributed by atoms with Crippen LogP contribution in [0.25, 0.3) is 0 Å². The molecule has 0 bridgehead atoms. The van der Waals surface area contributed by atoms with Crippen molar-refractivity contribution in [2.45, 2.75) is 19.3 Å². The lowest BCUT2D eigenvalue weighted by atomic mass is 9.90. The Balaban J connectivity index is 2.77. The fourth-order valence-corrected chi connectivity index (χ4v) is 2.27. The van der Waals surface area contributed by atoms with Gasteiger partial charge >= 0.3 is 5.97 Å². The van der Waals surface area contributed by atoms with Crippen molar-refractivity contribution in [2.75, 3.05) is 39.1 Å². The van der Waals surface area contributed by atoms with Crippen LogP contribution in [-0.4, -0.2) is 55.2 Å². The molecule has 5 nitrogen and oxygen atoms in total. The Bertz CT molecular complexity index is 415. The van der Waals surface area contributed by atoms with Gasteiger partial charge in [-0.15, -0.1) is 11.3 Å². The zero-order chi connectivity index (χ0) is 13.9. The number of aromatic nitrogens is 1. The lowest BCUT2D eigenvalue weighted by Crippen LogP contribution is -2.30. The second-order valence-electron chi connectivity index (χ2n) is 5.17. The number of carboxylic acid groups (broad SMARTS) is 1. The van der Waals surface area contributed by atoms with Crippen molar-refractivity contribution in [2.24, 2.45) is 0 Å². The molecule has 0 spiro atoms. The third kappa shape index (κ3) is 3.43. The smallest absolute Gasteiger partial charge is 0.315 e. The number of likely N-dealkylation sites (N-methyl/N-ethyl adjacent to an activating group) is 2. The number of aliphatic carboxylic acids is 1. The third-order valence-corrected chi connectivity index (χ3v) is 3.83. The first-order chi connectivity index (χ1) is 8.25. The lowest BCUT2D eigenvalue weighted by molar-refractivity contribution is -0.142. The normalized spacial score (nSPS) is 11.9. The second-order valence-corrected chi connectivity index (χ2v) is 6.01. The highest BCUT2D eigenvalue weighted by atomic mass is 32.1. The van der Waals surface area contributed by atoms with E-state index in [1.807, 2.05) is 31.4 Å². The Kier molecular flexibility index (Phi) is 4.70. The van der Waals surface area contributed by atoms with Crippen LogP contribution >= 0.6 is 11.3 Å². The summed E-state index contributed by atoms with van der Waals surface area (Å²) in [6, 6.07) is 0. The first kappa shape index (κ1) is 14.9. The summed E-state index contributed by atoms with van der Waals surface area (Å²) in [4.78, 5) is 19.7. The number of rotatable bonds is 6. The predicted octanol–water partition coefficient (Wildman–Crippen LogP) is 1.50. The Morgan fingerprint density at radius 3 is 2.50 bits per heavy atom. The van der Waals surface area contributed by atoms with E-state index in [-0.39, 0.29) is 0 Å². The highest BCUT2D eigenvalue weighted by molar-refractivity contribution is 7.13. The second kappa shape index (κ2) is 5.67. The number of nitrogens with zero attached hydrogens (tertiary/aromatic N) is 3. The monoisotopic (exact) mass is 271 g/mol. The van der Waals surface area contributed by atoms with E-state index < -0.39 is 11.4 Å². The van der Waals surface area contributed by atoms with Gasteiger partial charge in [0.2, 0.25) is 0 Å². The minimum absolute atomic E-state index is 0.617. The van der Waals surface area contributed by atoms with Gasteiger partial charge in [-0.2, -0.15) is 0 Å². The maximum absolute atomic E-state index is 11.2. The van der Waals surface area contributed by atoms with Crippen LogP contribution in [0.4, 0.5) is 5.13 Å². The largest absolute Gasteiger partial charge is 0.481 e. The minimum Gasteiger partial charge on any atom is -0.481 e. The summed E-state index contributed by atoms with van der Waals surface area (Å²) in [6.07, 6.45) is 0. The van der Waals surface area contributed by atoms with Gasteiger partial charge < -0.3 is 14.9 Å². The molecule has 0 aliphatic rings. The molecule has 1 heterocycles. The van der Waals surface area contributed by atoms with Crippen LogP contribution < -0.4 is 4.90 Å². The van der Waals surface area contributed by atoms with Crippen LogP contribution in [-0.2, 0) is 10.2 Å². The van der Waals surface area contributed by atoms with E-state index in [4.69, 9.17) is 5.11 Å². The summed E-state index contributed by atoms with van der Waals surface area (Å²) in [5.74, 6) is -0.852. The van der Waals surface area contributed by atoms with Gasteiger partial charge in [0.1, 0.15) is 5.41 Å². The molecule has 0 radical (unpaired) electrons. The molecule has 0 saturated carbocycles. The third-order valence-electron chi connectivity index (χ3n) is 2.88. The number of anilines is 1. The summed E-state index contributed by atoms with van der Waals surface area (Å²) < 4.78 is 0. The summed E-state index contributed by atoms with van der Waals surface area (Å²) in [5.41, 5.74) is -0.316. The molecule has 0 aliphatic carbocycles. The highest BCUT2D eigenvalue weighted by Gasteiger charge is 2.32. The average molecular weight is 271 g/mol. The molecule has 6 heteroatoms. The maximum Gasteiger partial charge on any atom is 0.315 e. The summed E-state index contributed by atoms with van der Waals surface area (Å²) in [7, 11) is 6.02. The van der Waals surface area contributed by atoms with Crippen molar-refractivity contribution in [3.63, 3.8) is 0 Å². The number of carboxylic acids is 1. The first-order valence-electron chi connectivity index (χ1n) is 5.80. The number of hydrogen-bond donors (Lipinski definition) is 1. The van der Waals surface area contributed by atoms with Crippen LogP contribution in [0.5, 0.6) is 0 Å². The molecule has 0 amide bonds. The number of hydrogen-bond acceptors (Lipinski definition) is 5. The molecule has 1 rings (SSSR count). The molecular formula is C12H21N3O2S. The standard InChI is InChI=1S/C12H21N3O2S/c1-12(2,10(16)17)9-8-18-11(13-9)15(5)7-6-14(3)4/h8H,6-7H2,1-5H3,(H,16,17). The fourth-order valence-electron chi connectivity index (χ4n) is 1.28. The highest BCUT2D eigenvalue weighted by Crippen LogP contribution is 2.28. The molecule has 1 aromatic heterocycles. The van der Waals surface area contributed by atoms with Crippen molar-refractivity contribution < 1.29 is 9.90 Å². The predicted molar refractivity (Wildman–Crippen MR) is 74.6 cm³/mol. The van der Waals surface area contributed by atoms with Crippen molar-refractivity contribution >= 4 is 22.4 Å². The van der Waals surface area contributed by atoms with Gasteiger partial charge in [-0.25, -0.2) is 4.98 Å². The van der Waals surface area contributed by atoms with Gasteiger partial charge in [0.05, 0.1) is 5.69 Å². The van der Waals surface area contributed by atoms with Crippen molar-refractivity contribution in [1.82, 2.24) is 9.88 Å². The van der Waals surface area contributed by atoms with Crippen LogP contribution in [0.2, 0.25) is 0 Å². The molecule has 0 unspecified atom stereocenters. The van der Waals surface area contributed by atoms with Crippen LogP contribution in [0.1, 0.15) is 19.5 Å². The molecule has 0 aliphatic heterocycles. The number of thiazole rings is 1. The Labute approximate surface area is 112 Å². The Morgan fingerprint density at radius 1 is 1.39 bits per heavy atom. The van der Waals surface area contributed by atoms with Gasteiger partial charge in [-0.05, 0) is 27.9 Å². The first-order valence-corrected chi connectivity index (χ1v) is 6.68. The van der Waals surface area contributed by atoms with Crippen LogP contribution in [0.15, 0.2) is 5.38 Å². The molecule has 0 atom stereocenters. The molecule has 0 aromatic carbocycles. The minimum atomic E-state index is -0.933. The summed E-state index contributed by atoms with van der Waals surface area (Å²) in [5, 5.41) is 11.9. The Morgan fingerprint density at radius 2 is 2.00 bits per heavy atom. The van der Waals surface area contributed by atoms with E-state index >= 15 is 0 Å². The maximum atomic E-state index is 11.2. The van der Waals surface area contributed by atoms with E-state index in [0.717, 1.165) is 18.2 Å². The molecule has 1 N–H and O–H groups in total. The molecular weight excluding hydrogens is 250 g/mol. The van der Waals surface area contributed by atoms with Crippen LogP contribution in [0, 0.1) is 0 Å². The van der Waals surface area contributed by atoms with Gasteiger partial charge in [-0.3, -0.25) is 4.79 Å². The van der Waals surface area contributed by atoms with Gasteiger partial charge in [0, 0.05) is 25.5 Å². The van der Waals surface area contributed by atoms with E-state index in [1.54, 1.807) is 13.8 Å². The van der Waals surface area contributed by atoms with Crippen molar-refractivity contribution in [3.05, 3.63) is 11.1 Å². The van der Waals surface area contributed by atoms with E-state index in [9.17, 15) is 4.79 Å². The van der Waals surface area contributed by atoms with Crippen molar-refractivity contribution in [3.8, 4) is 0 Å².